The first-order chi connectivity index (χ1) is 17.3. The summed E-state index contributed by atoms with van der Waals surface area (Å²) in [6.45, 7) is 0.278. The predicted octanol–water partition coefficient (Wildman–Crippen LogP) is 7.80. The van der Waals surface area contributed by atoms with Crippen LogP contribution in [0.2, 0.25) is 0 Å². The van der Waals surface area contributed by atoms with Crippen LogP contribution in [0.1, 0.15) is 65.3 Å². The first-order valence-corrected chi connectivity index (χ1v) is 12.8. The summed E-state index contributed by atoms with van der Waals surface area (Å²) < 4.78 is 8.34. The van der Waals surface area contributed by atoms with E-state index in [-0.39, 0.29) is 12.6 Å². The first kappa shape index (κ1) is 23.2. The van der Waals surface area contributed by atoms with Gasteiger partial charge in [-0.3, -0.25) is 0 Å². The van der Waals surface area contributed by atoms with Crippen LogP contribution in [0.4, 0.5) is 0 Å². The topological polar surface area (TPSA) is 31.2 Å². The lowest BCUT2D eigenvalue weighted by atomic mass is 9.94. The quantitative estimate of drug-likeness (QED) is 0.250. The Bertz CT molecular complexity index is 1220. The van der Waals surface area contributed by atoms with Gasteiger partial charge in [0.25, 0.3) is 0 Å². The number of esters is 1. The molecule has 0 bridgehead atoms. The van der Waals surface area contributed by atoms with Crippen molar-refractivity contribution in [1.29, 1.82) is 0 Å². The summed E-state index contributed by atoms with van der Waals surface area (Å²) in [6, 6.07) is 31.2. The summed E-state index contributed by atoms with van der Waals surface area (Å²) in [5.41, 5.74) is 6.17. The summed E-state index contributed by atoms with van der Waals surface area (Å²) in [5.74, 6) is -0.231. The number of rotatable bonds is 8. The van der Waals surface area contributed by atoms with E-state index in [0.29, 0.717) is 6.04 Å². The summed E-state index contributed by atoms with van der Waals surface area (Å²) >= 11 is 0. The largest absolute Gasteiger partial charge is 0.457 e. The van der Waals surface area contributed by atoms with Crippen LogP contribution in [0, 0.1) is 0 Å². The van der Waals surface area contributed by atoms with Crippen molar-refractivity contribution in [2.45, 2.75) is 57.6 Å². The van der Waals surface area contributed by atoms with Gasteiger partial charge in [0, 0.05) is 23.5 Å². The van der Waals surface area contributed by atoms with E-state index in [0.717, 1.165) is 40.8 Å². The van der Waals surface area contributed by atoms with E-state index in [4.69, 9.17) is 4.74 Å². The minimum atomic E-state index is -0.231. The number of aryl methyl sites for hydroxylation is 1. The number of carbonyl (C=O) groups excluding carboxylic acids is 1. The van der Waals surface area contributed by atoms with Crippen LogP contribution in [-0.2, 0) is 24.2 Å². The SMILES string of the molecule is O=C(OCc1ccccc1)c1c(-c2ccccc2)cn(C2CCCCC2)c1CCc1ccccc1. The molecule has 1 fully saturated rings. The molecule has 1 saturated carbocycles. The molecule has 0 amide bonds. The smallest absolute Gasteiger partial charge is 0.340 e. The Balaban J connectivity index is 1.54. The number of hydrogen-bond acceptors (Lipinski definition) is 2. The zero-order chi connectivity index (χ0) is 23.9. The maximum absolute atomic E-state index is 13.7. The Kier molecular flexibility index (Phi) is 7.43. The fourth-order valence-corrected chi connectivity index (χ4v) is 5.27. The molecule has 1 aliphatic carbocycles. The lowest BCUT2D eigenvalue weighted by Crippen LogP contribution is -2.17. The van der Waals surface area contributed by atoms with Crippen LogP contribution in [0.25, 0.3) is 11.1 Å². The van der Waals surface area contributed by atoms with E-state index in [1.54, 1.807) is 0 Å². The molecule has 0 unspecified atom stereocenters. The van der Waals surface area contributed by atoms with Crippen LogP contribution in [0.15, 0.2) is 97.2 Å². The highest BCUT2D eigenvalue weighted by Crippen LogP contribution is 2.37. The maximum Gasteiger partial charge on any atom is 0.340 e. The van der Waals surface area contributed by atoms with Crippen LogP contribution in [0.5, 0.6) is 0 Å². The van der Waals surface area contributed by atoms with E-state index in [2.05, 4.69) is 47.2 Å². The van der Waals surface area contributed by atoms with Gasteiger partial charge in [-0.05, 0) is 42.4 Å². The summed E-state index contributed by atoms with van der Waals surface area (Å²) in [6.07, 6.45) is 10.1. The van der Waals surface area contributed by atoms with Gasteiger partial charge in [0.2, 0.25) is 0 Å². The van der Waals surface area contributed by atoms with Gasteiger partial charge in [-0.1, -0.05) is 110 Å². The van der Waals surface area contributed by atoms with Gasteiger partial charge in [0.1, 0.15) is 6.61 Å². The second-order valence-corrected chi connectivity index (χ2v) is 9.48. The molecule has 0 radical (unpaired) electrons. The highest BCUT2D eigenvalue weighted by atomic mass is 16.5. The van der Waals surface area contributed by atoms with Crippen molar-refractivity contribution in [2.24, 2.45) is 0 Å². The standard InChI is InChI=1S/C32H33NO2/c34-32(35-24-26-15-7-2-8-16-26)31-29(27-17-9-3-10-18-27)23-33(28-19-11-4-12-20-28)30(31)22-21-25-13-5-1-6-14-25/h1-3,5-10,13-18,23,28H,4,11-12,19-22,24H2. The van der Waals surface area contributed by atoms with Gasteiger partial charge in [0.15, 0.2) is 0 Å². The zero-order valence-corrected chi connectivity index (χ0v) is 20.2. The average molecular weight is 464 g/mol. The minimum Gasteiger partial charge on any atom is -0.457 e. The molecule has 0 spiro atoms. The number of nitrogens with zero attached hydrogens (tertiary/aromatic N) is 1. The zero-order valence-electron chi connectivity index (χ0n) is 20.2. The predicted molar refractivity (Wildman–Crippen MR) is 141 cm³/mol. The van der Waals surface area contributed by atoms with Crippen molar-refractivity contribution in [3.05, 3.63) is 120 Å². The van der Waals surface area contributed by atoms with Crippen molar-refractivity contribution in [3.8, 4) is 11.1 Å². The third-order valence-electron chi connectivity index (χ3n) is 7.10. The molecule has 1 heterocycles. The van der Waals surface area contributed by atoms with Crippen molar-refractivity contribution >= 4 is 5.97 Å². The Morgan fingerprint density at radius 2 is 1.34 bits per heavy atom. The van der Waals surface area contributed by atoms with Crippen molar-refractivity contribution in [3.63, 3.8) is 0 Å². The molecular weight excluding hydrogens is 430 g/mol. The summed E-state index contributed by atoms with van der Waals surface area (Å²) in [4.78, 5) is 13.7. The molecule has 4 aromatic rings. The van der Waals surface area contributed by atoms with Crippen LogP contribution in [-0.4, -0.2) is 10.5 Å². The van der Waals surface area contributed by atoms with Gasteiger partial charge in [-0.2, -0.15) is 0 Å². The second kappa shape index (κ2) is 11.2. The van der Waals surface area contributed by atoms with E-state index in [1.807, 2.05) is 54.6 Å². The van der Waals surface area contributed by atoms with Crippen molar-refractivity contribution in [1.82, 2.24) is 4.57 Å². The Morgan fingerprint density at radius 1 is 0.743 bits per heavy atom. The minimum absolute atomic E-state index is 0.231. The Morgan fingerprint density at radius 3 is 2.00 bits per heavy atom. The van der Waals surface area contributed by atoms with Gasteiger partial charge < -0.3 is 9.30 Å². The Labute approximate surface area is 208 Å². The van der Waals surface area contributed by atoms with Crippen LogP contribution in [0.3, 0.4) is 0 Å². The molecule has 1 aromatic heterocycles. The maximum atomic E-state index is 13.7. The highest BCUT2D eigenvalue weighted by molar-refractivity contribution is 5.99. The molecule has 35 heavy (non-hydrogen) atoms. The lowest BCUT2D eigenvalue weighted by Gasteiger charge is -2.26. The fraction of sp³-hybridized carbons (Fsp3) is 0.281. The normalized spacial score (nSPS) is 14.1. The number of carbonyl (C=O) groups is 1. The van der Waals surface area contributed by atoms with E-state index in [9.17, 15) is 4.79 Å². The molecule has 3 nitrogen and oxygen atoms in total. The highest BCUT2D eigenvalue weighted by Gasteiger charge is 2.28. The molecular formula is C32H33NO2. The van der Waals surface area contributed by atoms with Gasteiger partial charge in [-0.15, -0.1) is 0 Å². The fourth-order valence-electron chi connectivity index (χ4n) is 5.27. The number of hydrogen-bond donors (Lipinski definition) is 0. The molecule has 0 atom stereocenters. The molecule has 1 aliphatic rings. The number of ether oxygens (including phenoxy) is 1. The number of benzene rings is 3. The molecule has 0 aliphatic heterocycles. The third kappa shape index (κ3) is 5.57. The van der Waals surface area contributed by atoms with E-state index < -0.39 is 0 Å². The average Bonchev–Trinajstić information content (AvgIpc) is 3.32. The van der Waals surface area contributed by atoms with Crippen LogP contribution >= 0.6 is 0 Å². The molecule has 178 valence electrons. The van der Waals surface area contributed by atoms with Gasteiger partial charge in [-0.25, -0.2) is 4.79 Å². The summed E-state index contributed by atoms with van der Waals surface area (Å²) in [5, 5.41) is 0. The molecule has 3 heteroatoms. The molecule has 0 saturated heterocycles. The number of aromatic nitrogens is 1. The molecule has 0 N–H and O–H groups in total. The van der Waals surface area contributed by atoms with Crippen molar-refractivity contribution < 1.29 is 9.53 Å². The molecule has 3 aromatic carbocycles. The first-order valence-electron chi connectivity index (χ1n) is 12.8. The summed E-state index contributed by atoms with van der Waals surface area (Å²) in [7, 11) is 0. The van der Waals surface area contributed by atoms with Crippen molar-refractivity contribution in [2.75, 3.05) is 0 Å². The van der Waals surface area contributed by atoms with E-state index in [1.165, 1.54) is 37.7 Å². The monoisotopic (exact) mass is 463 g/mol. The second-order valence-electron chi connectivity index (χ2n) is 9.48. The van der Waals surface area contributed by atoms with Gasteiger partial charge >= 0.3 is 5.97 Å². The Hall–Kier alpha value is -3.59. The van der Waals surface area contributed by atoms with Gasteiger partial charge in [0.05, 0.1) is 5.56 Å². The third-order valence-corrected chi connectivity index (χ3v) is 7.10. The molecule has 5 rings (SSSR count). The van der Waals surface area contributed by atoms with Crippen LogP contribution < -0.4 is 0 Å². The van der Waals surface area contributed by atoms with E-state index >= 15 is 0 Å². The lowest BCUT2D eigenvalue weighted by molar-refractivity contribution is 0.0472.